The molecule has 7 nitrogen and oxygen atoms in total. The Kier molecular flexibility index (Phi) is 9.03. The van der Waals surface area contributed by atoms with Crippen molar-refractivity contribution in [1.29, 1.82) is 0 Å². The first-order valence-corrected chi connectivity index (χ1v) is 14.8. The van der Waals surface area contributed by atoms with Crippen molar-refractivity contribution in [3.63, 3.8) is 0 Å². The van der Waals surface area contributed by atoms with Crippen LogP contribution < -0.4 is 15.5 Å². The molecule has 0 radical (unpaired) electrons. The monoisotopic (exact) mass is 679 g/mol. The van der Waals surface area contributed by atoms with Crippen LogP contribution in [0.25, 0.3) is 10.1 Å². The number of esters is 1. The van der Waals surface area contributed by atoms with E-state index < -0.39 is 11.9 Å². The van der Waals surface area contributed by atoms with Gasteiger partial charge in [-0.1, -0.05) is 62.9 Å². The maximum absolute atomic E-state index is 12.8. The molecule has 0 bridgehead atoms. The Labute approximate surface area is 263 Å². The molecule has 4 aromatic carbocycles. The summed E-state index contributed by atoms with van der Waals surface area (Å²) < 4.78 is 7.13. The highest BCUT2D eigenvalue weighted by atomic mass is 79.9. The Morgan fingerprint density at radius 2 is 1.69 bits per heavy atom. The summed E-state index contributed by atoms with van der Waals surface area (Å²) in [6, 6.07) is 23.7. The Bertz CT molecular complexity index is 1870. The van der Waals surface area contributed by atoms with Crippen molar-refractivity contribution in [2.24, 2.45) is 5.10 Å². The van der Waals surface area contributed by atoms with Crippen LogP contribution in [0.1, 0.15) is 41.5 Å². The topological polar surface area (TPSA) is 96.9 Å². The van der Waals surface area contributed by atoms with E-state index in [9.17, 15) is 14.4 Å². The van der Waals surface area contributed by atoms with Gasteiger partial charge in [0.15, 0.2) is 0 Å². The molecule has 0 aliphatic heterocycles. The summed E-state index contributed by atoms with van der Waals surface area (Å²) >= 11 is 17.1. The van der Waals surface area contributed by atoms with Crippen LogP contribution in [0, 0.1) is 6.92 Å². The van der Waals surface area contributed by atoms with Crippen LogP contribution in [0.15, 0.2) is 94.5 Å². The third-order valence-electron chi connectivity index (χ3n) is 6.00. The molecule has 0 aliphatic carbocycles. The number of rotatable bonds is 7. The van der Waals surface area contributed by atoms with Crippen LogP contribution in [0.2, 0.25) is 10.0 Å². The molecule has 11 heteroatoms. The van der Waals surface area contributed by atoms with Gasteiger partial charge in [-0.15, -0.1) is 11.3 Å². The minimum absolute atomic E-state index is 0.282. The lowest BCUT2D eigenvalue weighted by Crippen LogP contribution is -2.18. The second kappa shape index (κ2) is 12.9. The normalized spacial score (nSPS) is 11.0. The van der Waals surface area contributed by atoms with E-state index in [0.717, 1.165) is 20.1 Å². The zero-order valence-electron chi connectivity index (χ0n) is 21.8. The van der Waals surface area contributed by atoms with Crippen molar-refractivity contribution in [2.45, 2.75) is 6.92 Å². The van der Waals surface area contributed by atoms with E-state index in [4.69, 9.17) is 27.9 Å². The number of anilines is 1. The largest absolute Gasteiger partial charge is 0.422 e. The quantitative estimate of drug-likeness (QED) is 0.0780. The highest BCUT2D eigenvalue weighted by Crippen LogP contribution is 2.37. The zero-order valence-corrected chi connectivity index (χ0v) is 25.7. The third-order valence-corrected chi connectivity index (χ3v) is 8.38. The molecule has 210 valence electrons. The maximum atomic E-state index is 12.8. The minimum Gasteiger partial charge on any atom is -0.422 e. The number of thiophene rings is 1. The smallest absolute Gasteiger partial charge is 0.343 e. The van der Waals surface area contributed by atoms with Gasteiger partial charge in [0.1, 0.15) is 10.6 Å². The van der Waals surface area contributed by atoms with Crippen molar-refractivity contribution in [2.75, 3.05) is 5.32 Å². The number of hydrogen-bond donors (Lipinski definition) is 2. The van der Waals surface area contributed by atoms with Gasteiger partial charge in [-0.3, -0.25) is 9.59 Å². The van der Waals surface area contributed by atoms with Crippen molar-refractivity contribution in [3.05, 3.63) is 127 Å². The molecular formula is C31H20BrCl2N3O4S. The number of nitrogens with zero attached hydrogens (tertiary/aromatic N) is 1. The van der Waals surface area contributed by atoms with Crippen molar-refractivity contribution in [1.82, 2.24) is 5.43 Å². The molecule has 5 aromatic rings. The molecule has 0 saturated carbocycles. The molecule has 0 aliphatic rings. The third kappa shape index (κ3) is 6.88. The number of hydrogen-bond acceptors (Lipinski definition) is 6. The van der Waals surface area contributed by atoms with Gasteiger partial charge < -0.3 is 10.1 Å². The van der Waals surface area contributed by atoms with Gasteiger partial charge in [-0.25, -0.2) is 10.2 Å². The average molecular weight is 681 g/mol. The van der Waals surface area contributed by atoms with E-state index >= 15 is 0 Å². The number of carbonyl (C=O) groups is 3. The summed E-state index contributed by atoms with van der Waals surface area (Å²) in [6.45, 7) is 1.89. The van der Waals surface area contributed by atoms with E-state index in [-0.39, 0.29) is 11.7 Å². The Hall–Kier alpha value is -4.02. The predicted molar refractivity (Wildman–Crippen MR) is 172 cm³/mol. The second-order valence-electron chi connectivity index (χ2n) is 9.06. The molecule has 1 aromatic heterocycles. The number of benzene rings is 4. The van der Waals surface area contributed by atoms with E-state index in [1.54, 1.807) is 78.9 Å². The lowest BCUT2D eigenvalue weighted by atomic mass is 10.1. The van der Waals surface area contributed by atoms with E-state index in [1.165, 1.54) is 17.6 Å². The van der Waals surface area contributed by atoms with E-state index in [1.807, 2.05) is 13.0 Å². The standard InChI is InChI=1S/C31H20BrCl2N3O4S/c1-17-3-2-4-19(13-17)31(40)41-25-12-7-21(32)14-20(25)16-35-37-29(38)18-5-9-23(10-6-18)36-30(39)28-27(34)24-11-8-22(33)15-26(24)42-28/h2-16H,1H3,(H,36,39)(H,37,38)/b35-16-. The Morgan fingerprint density at radius 1 is 0.905 bits per heavy atom. The predicted octanol–water partition coefficient (Wildman–Crippen LogP) is 8.51. The molecule has 2 N–H and O–H groups in total. The minimum atomic E-state index is -0.508. The molecular weight excluding hydrogens is 661 g/mol. The highest BCUT2D eigenvalue weighted by Gasteiger charge is 2.18. The molecule has 42 heavy (non-hydrogen) atoms. The number of nitrogens with one attached hydrogen (secondary N) is 2. The number of halogens is 3. The second-order valence-corrected chi connectivity index (χ2v) is 11.8. The lowest BCUT2D eigenvalue weighted by Gasteiger charge is -2.09. The van der Waals surface area contributed by atoms with Gasteiger partial charge in [0, 0.05) is 36.4 Å². The van der Waals surface area contributed by atoms with Gasteiger partial charge in [0.05, 0.1) is 16.8 Å². The van der Waals surface area contributed by atoms with Crippen LogP contribution in [-0.4, -0.2) is 24.0 Å². The fourth-order valence-corrected chi connectivity index (χ4v) is 6.01. The molecule has 0 fully saturated rings. The van der Waals surface area contributed by atoms with E-state index in [0.29, 0.717) is 37.3 Å². The number of ether oxygens (including phenoxy) is 1. The van der Waals surface area contributed by atoms with Crippen LogP contribution in [0.5, 0.6) is 5.75 Å². The van der Waals surface area contributed by atoms with Crippen molar-refractivity contribution >= 4 is 90.2 Å². The van der Waals surface area contributed by atoms with Crippen LogP contribution in [0.4, 0.5) is 5.69 Å². The molecule has 0 spiro atoms. The summed E-state index contributed by atoms with van der Waals surface area (Å²) in [5.41, 5.74) is 5.10. The summed E-state index contributed by atoms with van der Waals surface area (Å²) in [5.74, 6) is -1.07. The first-order chi connectivity index (χ1) is 20.2. The van der Waals surface area contributed by atoms with Gasteiger partial charge in [0.2, 0.25) is 0 Å². The maximum Gasteiger partial charge on any atom is 0.343 e. The number of carbonyl (C=O) groups excluding carboxylic acids is 3. The van der Waals surface area contributed by atoms with Crippen molar-refractivity contribution in [3.8, 4) is 5.75 Å². The van der Waals surface area contributed by atoms with E-state index in [2.05, 4.69) is 31.8 Å². The summed E-state index contributed by atoms with van der Waals surface area (Å²) in [4.78, 5) is 38.5. The average Bonchev–Trinajstić information content (AvgIpc) is 3.30. The van der Waals surface area contributed by atoms with Crippen LogP contribution in [0.3, 0.4) is 0 Å². The number of amides is 2. The van der Waals surface area contributed by atoms with Crippen molar-refractivity contribution < 1.29 is 19.1 Å². The zero-order chi connectivity index (χ0) is 29.8. The van der Waals surface area contributed by atoms with Gasteiger partial charge >= 0.3 is 5.97 Å². The van der Waals surface area contributed by atoms with Gasteiger partial charge in [-0.05, 0) is 73.7 Å². The number of hydrazone groups is 1. The number of aryl methyl sites for hydroxylation is 1. The fourth-order valence-electron chi connectivity index (χ4n) is 3.95. The molecule has 0 unspecified atom stereocenters. The van der Waals surface area contributed by atoms with Gasteiger partial charge in [0.25, 0.3) is 11.8 Å². The van der Waals surface area contributed by atoms with Crippen LogP contribution in [-0.2, 0) is 0 Å². The summed E-state index contributed by atoms with van der Waals surface area (Å²) in [7, 11) is 0. The Balaban J connectivity index is 1.22. The summed E-state index contributed by atoms with van der Waals surface area (Å²) in [5, 5.41) is 8.50. The first kappa shape index (κ1) is 29.5. The molecule has 0 atom stereocenters. The van der Waals surface area contributed by atoms with Crippen LogP contribution >= 0.6 is 50.5 Å². The molecule has 1 heterocycles. The summed E-state index contributed by atoms with van der Waals surface area (Å²) in [6.07, 6.45) is 1.39. The SMILES string of the molecule is Cc1cccc(C(=O)Oc2ccc(Br)cc2/C=N\NC(=O)c2ccc(NC(=O)c3sc4cc(Cl)ccc4c3Cl)cc2)c1. The molecule has 5 rings (SSSR count). The molecule has 0 saturated heterocycles. The first-order valence-electron chi connectivity index (χ1n) is 12.4. The molecule has 2 amide bonds. The number of fused-ring (bicyclic) bond motifs is 1. The Morgan fingerprint density at radius 3 is 2.45 bits per heavy atom. The fraction of sp³-hybridized carbons (Fsp3) is 0.0323. The lowest BCUT2D eigenvalue weighted by molar-refractivity contribution is 0.0733. The highest BCUT2D eigenvalue weighted by molar-refractivity contribution is 9.10. The van der Waals surface area contributed by atoms with Gasteiger partial charge in [-0.2, -0.15) is 5.10 Å².